The number of fused-ring (bicyclic) bond motifs is 3. The van der Waals surface area contributed by atoms with Crippen LogP contribution in [0, 0.1) is 34.0 Å². The van der Waals surface area contributed by atoms with Gasteiger partial charge in [0.1, 0.15) is 0 Å². The van der Waals surface area contributed by atoms with Crippen LogP contribution in [0.25, 0.3) is 0 Å². The minimum atomic E-state index is 0.312. The minimum Gasteiger partial charge on any atom is -0.396 e. The summed E-state index contributed by atoms with van der Waals surface area (Å²) < 4.78 is 0. The van der Waals surface area contributed by atoms with Crippen molar-refractivity contribution < 1.29 is 5.11 Å². The molecular weight excluding hydrogens is 256 g/mol. The Morgan fingerprint density at radius 2 is 1.76 bits per heavy atom. The monoisotopic (exact) mass is 290 g/mol. The molecule has 0 saturated heterocycles. The number of aliphatic hydroxyl groups excluding tert-OH is 1. The second-order valence-corrected chi connectivity index (χ2v) is 9.42. The molecule has 0 aliphatic heterocycles. The molecule has 1 unspecified atom stereocenters. The van der Waals surface area contributed by atoms with Crippen LogP contribution in [0.5, 0.6) is 0 Å². The lowest BCUT2D eigenvalue weighted by Gasteiger charge is -2.65. The average molecular weight is 290 g/mol. The van der Waals surface area contributed by atoms with E-state index < -0.39 is 0 Å². The molecule has 0 aromatic carbocycles. The highest BCUT2D eigenvalue weighted by atomic mass is 16.3. The molecule has 0 radical (unpaired) electrons. The molecule has 5 atom stereocenters. The average Bonchev–Trinajstić information content (AvgIpc) is 2.36. The van der Waals surface area contributed by atoms with E-state index in [9.17, 15) is 5.11 Å². The van der Waals surface area contributed by atoms with Crippen LogP contribution in [-0.4, -0.2) is 11.7 Å². The molecule has 0 aromatic heterocycles. The van der Waals surface area contributed by atoms with E-state index in [2.05, 4.69) is 40.7 Å². The Bertz CT molecular complexity index is 449. The number of allylic oxidation sites excluding steroid dienone is 1. The summed E-state index contributed by atoms with van der Waals surface area (Å²) in [7, 11) is 0. The van der Waals surface area contributed by atoms with Gasteiger partial charge in [-0.05, 0) is 67.1 Å². The first kappa shape index (κ1) is 15.6. The molecule has 0 heterocycles. The van der Waals surface area contributed by atoms with E-state index in [1.165, 1.54) is 44.1 Å². The Kier molecular flexibility index (Phi) is 3.60. The number of rotatable bonds is 1. The van der Waals surface area contributed by atoms with E-state index in [4.69, 9.17) is 0 Å². The maximum absolute atomic E-state index is 10.0. The van der Waals surface area contributed by atoms with Gasteiger partial charge in [-0.2, -0.15) is 0 Å². The van der Waals surface area contributed by atoms with Crippen molar-refractivity contribution in [2.75, 3.05) is 6.61 Å². The van der Waals surface area contributed by atoms with Crippen molar-refractivity contribution >= 4 is 0 Å². The van der Waals surface area contributed by atoms with Crippen LogP contribution >= 0.6 is 0 Å². The first-order valence-electron chi connectivity index (χ1n) is 9.03. The van der Waals surface area contributed by atoms with Crippen molar-refractivity contribution in [1.29, 1.82) is 0 Å². The standard InChI is InChI=1S/C20H34O/c1-14-7-8-17-19(4,15(14)13-21)12-9-16-18(2,3)10-6-11-20(16,17)5/h7,15-17,21H,6,8-13H2,1-5H3/t15-,16?,17+,19+,20+/m1/s1. The smallest absolute Gasteiger partial charge is 0.0501 e. The maximum Gasteiger partial charge on any atom is 0.0501 e. The molecule has 0 amide bonds. The van der Waals surface area contributed by atoms with Gasteiger partial charge in [-0.3, -0.25) is 0 Å². The normalized spacial score (nSPS) is 49.0. The Morgan fingerprint density at radius 1 is 1.05 bits per heavy atom. The predicted octanol–water partition coefficient (Wildman–Crippen LogP) is 5.19. The fourth-order valence-corrected chi connectivity index (χ4v) is 6.96. The van der Waals surface area contributed by atoms with Crippen molar-refractivity contribution in [3.63, 3.8) is 0 Å². The predicted molar refractivity (Wildman–Crippen MR) is 89.0 cm³/mol. The van der Waals surface area contributed by atoms with E-state index in [1.54, 1.807) is 0 Å². The summed E-state index contributed by atoms with van der Waals surface area (Å²) in [6, 6.07) is 0. The Morgan fingerprint density at radius 3 is 2.43 bits per heavy atom. The molecule has 3 aliphatic rings. The van der Waals surface area contributed by atoms with Gasteiger partial charge in [0, 0.05) is 5.92 Å². The molecule has 2 fully saturated rings. The van der Waals surface area contributed by atoms with E-state index in [0.29, 0.717) is 28.8 Å². The first-order chi connectivity index (χ1) is 9.75. The lowest BCUT2D eigenvalue weighted by atomic mass is 9.40. The summed E-state index contributed by atoms with van der Waals surface area (Å²) in [5.41, 5.74) is 2.72. The van der Waals surface area contributed by atoms with Crippen LogP contribution in [0.1, 0.15) is 73.1 Å². The maximum atomic E-state index is 10.0. The van der Waals surface area contributed by atoms with E-state index in [1.807, 2.05) is 0 Å². The first-order valence-corrected chi connectivity index (χ1v) is 9.03. The largest absolute Gasteiger partial charge is 0.396 e. The molecule has 1 nitrogen and oxygen atoms in total. The lowest BCUT2D eigenvalue weighted by molar-refractivity contribution is -0.149. The van der Waals surface area contributed by atoms with Crippen LogP contribution in [0.4, 0.5) is 0 Å². The summed E-state index contributed by atoms with van der Waals surface area (Å²) in [6.07, 6.45) is 10.5. The SMILES string of the molecule is CC1=CC[C@H]2[C@@](C)(CCC3C(C)(C)CCC[C@@]32C)[C@@H]1CO. The second kappa shape index (κ2) is 4.85. The number of aliphatic hydroxyl groups is 1. The molecular formula is C20H34O. The third-order valence-electron chi connectivity index (χ3n) is 8.04. The molecule has 120 valence electrons. The van der Waals surface area contributed by atoms with Crippen LogP contribution < -0.4 is 0 Å². The Hall–Kier alpha value is -0.300. The van der Waals surface area contributed by atoms with E-state index >= 15 is 0 Å². The van der Waals surface area contributed by atoms with Crippen LogP contribution in [0.15, 0.2) is 11.6 Å². The van der Waals surface area contributed by atoms with E-state index in [-0.39, 0.29) is 0 Å². The third kappa shape index (κ3) is 2.06. The summed E-state index contributed by atoms with van der Waals surface area (Å²) in [6.45, 7) is 12.7. The van der Waals surface area contributed by atoms with Gasteiger partial charge in [-0.25, -0.2) is 0 Å². The highest BCUT2D eigenvalue weighted by Crippen LogP contribution is 2.68. The molecule has 1 N–H and O–H groups in total. The molecule has 1 heteroatoms. The summed E-state index contributed by atoms with van der Waals surface area (Å²) >= 11 is 0. The summed E-state index contributed by atoms with van der Waals surface area (Å²) in [5.74, 6) is 2.01. The highest BCUT2D eigenvalue weighted by Gasteiger charge is 2.60. The zero-order valence-electron chi connectivity index (χ0n) is 14.7. The van der Waals surface area contributed by atoms with Crippen molar-refractivity contribution in [3.05, 3.63) is 11.6 Å². The van der Waals surface area contributed by atoms with Crippen molar-refractivity contribution in [3.8, 4) is 0 Å². The molecule has 2 saturated carbocycles. The van der Waals surface area contributed by atoms with Gasteiger partial charge in [0.2, 0.25) is 0 Å². The molecule has 0 spiro atoms. The van der Waals surface area contributed by atoms with E-state index in [0.717, 1.165) is 11.8 Å². The molecule has 21 heavy (non-hydrogen) atoms. The van der Waals surface area contributed by atoms with Crippen LogP contribution in [0.3, 0.4) is 0 Å². The third-order valence-corrected chi connectivity index (χ3v) is 8.04. The van der Waals surface area contributed by atoms with Crippen molar-refractivity contribution in [2.24, 2.45) is 34.0 Å². The lowest BCUT2D eigenvalue weighted by Crippen LogP contribution is -2.58. The van der Waals surface area contributed by atoms with Gasteiger partial charge in [0.05, 0.1) is 6.61 Å². The topological polar surface area (TPSA) is 20.2 Å². The highest BCUT2D eigenvalue weighted by molar-refractivity contribution is 5.20. The fraction of sp³-hybridized carbons (Fsp3) is 0.900. The quantitative estimate of drug-likeness (QED) is 0.659. The van der Waals surface area contributed by atoms with Gasteiger partial charge >= 0.3 is 0 Å². The van der Waals surface area contributed by atoms with Gasteiger partial charge in [-0.1, -0.05) is 45.8 Å². The molecule has 0 aromatic rings. The minimum absolute atomic E-state index is 0.312. The van der Waals surface area contributed by atoms with Crippen molar-refractivity contribution in [1.82, 2.24) is 0 Å². The summed E-state index contributed by atoms with van der Waals surface area (Å²) in [4.78, 5) is 0. The second-order valence-electron chi connectivity index (χ2n) is 9.42. The molecule has 3 aliphatic carbocycles. The number of hydrogen-bond acceptors (Lipinski definition) is 1. The van der Waals surface area contributed by atoms with Crippen LogP contribution in [-0.2, 0) is 0 Å². The van der Waals surface area contributed by atoms with Gasteiger partial charge < -0.3 is 5.11 Å². The van der Waals surface area contributed by atoms with Crippen molar-refractivity contribution in [2.45, 2.75) is 73.1 Å². The van der Waals surface area contributed by atoms with Gasteiger partial charge in [0.15, 0.2) is 0 Å². The van der Waals surface area contributed by atoms with Crippen LogP contribution in [0.2, 0.25) is 0 Å². The molecule has 0 bridgehead atoms. The van der Waals surface area contributed by atoms with Gasteiger partial charge in [0.25, 0.3) is 0 Å². The van der Waals surface area contributed by atoms with Gasteiger partial charge in [-0.15, -0.1) is 0 Å². The summed E-state index contributed by atoms with van der Waals surface area (Å²) in [5, 5.41) is 10.0. The Balaban J connectivity index is 2.03. The zero-order valence-corrected chi connectivity index (χ0v) is 14.7. The zero-order chi connectivity index (χ0) is 15.5. The fourth-order valence-electron chi connectivity index (χ4n) is 6.96. The number of hydrogen-bond donors (Lipinski definition) is 1. The Labute approximate surface area is 131 Å². The molecule has 3 rings (SSSR count).